The third-order valence-electron chi connectivity index (χ3n) is 3.20. The van der Waals surface area contributed by atoms with Crippen LogP contribution in [0.5, 0.6) is 5.75 Å². The van der Waals surface area contributed by atoms with Gasteiger partial charge in [-0.05, 0) is 24.1 Å². The van der Waals surface area contributed by atoms with E-state index >= 15 is 0 Å². The number of ether oxygens (including phenoxy) is 1. The molecule has 0 spiro atoms. The van der Waals surface area contributed by atoms with E-state index < -0.39 is 5.97 Å². The highest BCUT2D eigenvalue weighted by Crippen LogP contribution is 2.25. The maximum absolute atomic E-state index is 11.8. The molecule has 1 aromatic carbocycles. The summed E-state index contributed by atoms with van der Waals surface area (Å²) in [7, 11) is 1.55. The second kappa shape index (κ2) is 9.94. The topological polar surface area (TPSA) is 78.9 Å². The molecule has 0 bridgehead atoms. The minimum atomic E-state index is -0.935. The smallest absolute Gasteiger partial charge is 0.317 e. The number of nitrogens with one attached hydrogen (secondary N) is 1. The third kappa shape index (κ3) is 7.23. The number of carbonyl (C=O) groups is 2. The lowest BCUT2D eigenvalue weighted by Crippen LogP contribution is -2.37. The fourth-order valence-corrected chi connectivity index (χ4v) is 2.03. The van der Waals surface area contributed by atoms with Crippen molar-refractivity contribution < 1.29 is 19.4 Å². The molecule has 1 rings (SSSR count). The molecule has 2 N–H and O–H groups in total. The number of nitrogens with zero attached hydrogens (tertiary/aromatic N) is 1. The Morgan fingerprint density at radius 1 is 1.39 bits per heavy atom. The highest BCUT2D eigenvalue weighted by Gasteiger charge is 2.10. The van der Waals surface area contributed by atoms with E-state index in [0.29, 0.717) is 23.9 Å². The molecular weight excluding hydrogens is 320 g/mol. The number of hydrogen-bond acceptors (Lipinski definition) is 3. The average molecular weight is 343 g/mol. The van der Waals surface area contributed by atoms with Gasteiger partial charge in [0.1, 0.15) is 5.75 Å². The Balaban J connectivity index is 2.46. The first kappa shape index (κ1) is 19.1. The molecule has 0 fully saturated rings. The predicted molar refractivity (Wildman–Crippen MR) is 89.0 cm³/mol. The zero-order valence-corrected chi connectivity index (χ0v) is 14.2. The largest absolute Gasteiger partial charge is 0.492 e. The van der Waals surface area contributed by atoms with Gasteiger partial charge in [-0.15, -0.1) is 0 Å². The highest BCUT2D eigenvalue weighted by molar-refractivity contribution is 6.32. The van der Waals surface area contributed by atoms with E-state index in [4.69, 9.17) is 21.4 Å². The van der Waals surface area contributed by atoms with Crippen LogP contribution in [0, 0.1) is 0 Å². The normalized spacial score (nSPS) is 10.2. The number of amides is 2. The van der Waals surface area contributed by atoms with Gasteiger partial charge in [0.25, 0.3) is 0 Å². The monoisotopic (exact) mass is 342 g/mol. The number of carbonyl (C=O) groups excluding carboxylic acids is 1. The van der Waals surface area contributed by atoms with Gasteiger partial charge in [0.15, 0.2) is 0 Å². The lowest BCUT2D eigenvalue weighted by atomic mass is 10.2. The van der Waals surface area contributed by atoms with Crippen molar-refractivity contribution >= 4 is 23.6 Å². The number of carboxylic acids is 1. The van der Waals surface area contributed by atoms with Crippen molar-refractivity contribution in [1.82, 2.24) is 10.2 Å². The maximum atomic E-state index is 11.8. The van der Waals surface area contributed by atoms with Gasteiger partial charge in [-0.25, -0.2) is 4.79 Å². The van der Waals surface area contributed by atoms with Crippen LogP contribution in [0.3, 0.4) is 0 Å². The molecule has 1 aromatic rings. The quantitative estimate of drug-likeness (QED) is 0.676. The van der Waals surface area contributed by atoms with Crippen molar-refractivity contribution in [2.45, 2.75) is 32.7 Å². The molecule has 7 heteroatoms. The number of unbranched alkanes of at least 4 members (excludes halogenated alkanes) is 1. The first-order valence-electron chi connectivity index (χ1n) is 7.56. The zero-order valence-electron chi connectivity index (χ0n) is 13.5. The summed E-state index contributed by atoms with van der Waals surface area (Å²) in [5, 5.41) is 11.8. The van der Waals surface area contributed by atoms with Crippen LogP contribution < -0.4 is 10.1 Å². The molecule has 0 aliphatic carbocycles. The summed E-state index contributed by atoms with van der Waals surface area (Å²) in [6.07, 6.45) is 1.94. The van der Waals surface area contributed by atoms with Gasteiger partial charge in [-0.3, -0.25) is 4.79 Å². The molecule has 0 saturated carbocycles. The molecule has 23 heavy (non-hydrogen) atoms. The fourth-order valence-electron chi connectivity index (χ4n) is 1.78. The first-order valence-corrected chi connectivity index (χ1v) is 7.93. The van der Waals surface area contributed by atoms with E-state index in [-0.39, 0.29) is 19.0 Å². The van der Waals surface area contributed by atoms with Crippen molar-refractivity contribution in [3.05, 3.63) is 28.8 Å². The van der Waals surface area contributed by atoms with Crippen LogP contribution >= 0.6 is 11.6 Å². The Hall–Kier alpha value is -1.95. The van der Waals surface area contributed by atoms with Gasteiger partial charge in [0.2, 0.25) is 0 Å². The summed E-state index contributed by atoms with van der Waals surface area (Å²) >= 11 is 6.16. The minimum Gasteiger partial charge on any atom is -0.492 e. The van der Waals surface area contributed by atoms with E-state index in [9.17, 15) is 9.59 Å². The highest BCUT2D eigenvalue weighted by atomic mass is 35.5. The second-order valence-corrected chi connectivity index (χ2v) is 5.60. The summed E-state index contributed by atoms with van der Waals surface area (Å²) in [6, 6.07) is 5.05. The Morgan fingerprint density at radius 3 is 2.74 bits per heavy atom. The molecule has 2 amide bonds. The molecule has 0 unspecified atom stereocenters. The molecule has 0 aliphatic rings. The summed E-state index contributed by atoms with van der Waals surface area (Å²) in [5.41, 5.74) is 0.845. The van der Waals surface area contributed by atoms with Crippen LogP contribution in [0.2, 0.25) is 5.02 Å². The zero-order chi connectivity index (χ0) is 17.2. The molecule has 0 aliphatic heterocycles. The number of benzene rings is 1. The minimum absolute atomic E-state index is 0.0838. The van der Waals surface area contributed by atoms with Crippen LogP contribution in [-0.4, -0.2) is 42.2 Å². The van der Waals surface area contributed by atoms with E-state index in [1.54, 1.807) is 19.2 Å². The van der Waals surface area contributed by atoms with Crippen molar-refractivity contribution in [3.63, 3.8) is 0 Å². The molecule has 128 valence electrons. The second-order valence-electron chi connectivity index (χ2n) is 5.19. The molecule has 6 nitrogen and oxygen atoms in total. The van der Waals surface area contributed by atoms with E-state index in [1.807, 2.05) is 6.07 Å². The van der Waals surface area contributed by atoms with E-state index in [0.717, 1.165) is 18.4 Å². The fraction of sp³-hybridized carbons (Fsp3) is 0.500. The van der Waals surface area contributed by atoms with Crippen LogP contribution in [0.1, 0.15) is 31.7 Å². The lowest BCUT2D eigenvalue weighted by Gasteiger charge is -2.17. The van der Waals surface area contributed by atoms with Gasteiger partial charge < -0.3 is 20.1 Å². The number of rotatable bonds is 9. The summed E-state index contributed by atoms with van der Waals surface area (Å²) in [4.78, 5) is 23.6. The van der Waals surface area contributed by atoms with Crippen LogP contribution in [0.4, 0.5) is 4.79 Å². The van der Waals surface area contributed by atoms with Crippen molar-refractivity contribution in [2.75, 3.05) is 20.2 Å². The van der Waals surface area contributed by atoms with Crippen LogP contribution in [0.15, 0.2) is 18.2 Å². The number of carboxylic acid groups (broad SMARTS) is 1. The molecule has 0 saturated heterocycles. The standard InChI is InChI=1S/C16H23ClN2O4/c1-3-4-9-23-14-6-5-12(10-13(14)17)11-18-16(22)19(2)8-7-15(20)21/h5-6,10H,3-4,7-9,11H2,1-2H3,(H,18,22)(H,20,21). The average Bonchev–Trinajstić information content (AvgIpc) is 2.52. The van der Waals surface area contributed by atoms with Gasteiger partial charge in [-0.2, -0.15) is 0 Å². The van der Waals surface area contributed by atoms with Crippen LogP contribution in [0.25, 0.3) is 0 Å². The van der Waals surface area contributed by atoms with Gasteiger partial charge in [0, 0.05) is 20.1 Å². The van der Waals surface area contributed by atoms with Gasteiger partial charge in [-0.1, -0.05) is 31.0 Å². The summed E-state index contributed by atoms with van der Waals surface area (Å²) in [5.74, 6) is -0.302. The predicted octanol–water partition coefficient (Wildman–Crippen LogP) is 3.14. The Kier molecular flexibility index (Phi) is 8.26. The summed E-state index contributed by atoms with van der Waals surface area (Å²) < 4.78 is 5.57. The van der Waals surface area contributed by atoms with Crippen LogP contribution in [-0.2, 0) is 11.3 Å². The van der Waals surface area contributed by atoms with Crippen molar-refractivity contribution in [1.29, 1.82) is 0 Å². The molecule has 0 atom stereocenters. The van der Waals surface area contributed by atoms with Crippen molar-refractivity contribution in [3.8, 4) is 5.75 Å². The van der Waals surface area contributed by atoms with E-state index in [2.05, 4.69) is 12.2 Å². The number of urea groups is 1. The molecule has 0 aromatic heterocycles. The molecule has 0 radical (unpaired) electrons. The Morgan fingerprint density at radius 2 is 2.13 bits per heavy atom. The molecule has 0 heterocycles. The Labute approximate surface area is 141 Å². The number of aliphatic carboxylic acids is 1. The van der Waals surface area contributed by atoms with Gasteiger partial charge >= 0.3 is 12.0 Å². The third-order valence-corrected chi connectivity index (χ3v) is 3.50. The van der Waals surface area contributed by atoms with E-state index in [1.165, 1.54) is 4.90 Å². The van der Waals surface area contributed by atoms with Gasteiger partial charge in [0.05, 0.1) is 18.1 Å². The number of hydrogen-bond donors (Lipinski definition) is 2. The number of halogens is 1. The first-order chi connectivity index (χ1) is 10.9. The maximum Gasteiger partial charge on any atom is 0.317 e. The summed E-state index contributed by atoms with van der Waals surface area (Å²) in [6.45, 7) is 3.18. The van der Waals surface area contributed by atoms with Crippen molar-refractivity contribution in [2.24, 2.45) is 0 Å². The lowest BCUT2D eigenvalue weighted by molar-refractivity contribution is -0.137. The molecular formula is C16H23ClN2O4. The Bertz CT molecular complexity index is 537. The SMILES string of the molecule is CCCCOc1ccc(CNC(=O)N(C)CCC(=O)O)cc1Cl.